The van der Waals surface area contributed by atoms with E-state index in [4.69, 9.17) is 21.1 Å². The zero-order chi connectivity index (χ0) is 24.5. The van der Waals surface area contributed by atoms with Crippen LogP contribution < -0.4 is 4.74 Å². The van der Waals surface area contributed by atoms with E-state index in [2.05, 4.69) is 23.5 Å². The maximum absolute atomic E-state index is 13.6. The standard InChI is InChI=1S/C26H34ClN3O3/c1-8-18(4)29-21(7)33-20(6)25-17(3)11-10-12-23(25)26(31)30(9-2)19(5)16-32-24-14-13-22(27)15-28-24/h10-15,18-19H,6,8-9,16H2,1-5,7H3/b29-21-/t18-,19+/m1/s1. The van der Waals surface area contributed by atoms with Crippen molar-refractivity contribution in [2.75, 3.05) is 13.2 Å². The van der Waals surface area contributed by atoms with E-state index in [-0.39, 0.29) is 18.0 Å². The lowest BCUT2D eigenvalue weighted by molar-refractivity contribution is 0.0645. The molecular formula is C26H34ClN3O3. The zero-order valence-electron chi connectivity index (χ0n) is 20.4. The number of likely N-dealkylation sites (N-methyl/N-ethyl adjacent to an activating group) is 1. The molecule has 2 aromatic rings. The van der Waals surface area contributed by atoms with E-state index in [1.807, 2.05) is 39.8 Å². The molecule has 0 aliphatic carbocycles. The molecule has 0 spiro atoms. The van der Waals surface area contributed by atoms with Gasteiger partial charge < -0.3 is 14.4 Å². The number of carbonyl (C=O) groups excluding carboxylic acids is 1. The number of halogens is 1. The Kier molecular flexibility index (Phi) is 9.92. The largest absolute Gasteiger partial charge is 0.475 e. The molecule has 1 aromatic carbocycles. The Hall–Kier alpha value is -2.86. The first-order valence-corrected chi connectivity index (χ1v) is 11.6. The van der Waals surface area contributed by atoms with Gasteiger partial charge in [-0.2, -0.15) is 0 Å². The number of aromatic nitrogens is 1. The fraction of sp³-hybridized carbons (Fsp3) is 0.423. The van der Waals surface area contributed by atoms with Crippen LogP contribution >= 0.6 is 11.6 Å². The van der Waals surface area contributed by atoms with Crippen molar-refractivity contribution < 1.29 is 14.3 Å². The van der Waals surface area contributed by atoms with E-state index in [9.17, 15) is 4.79 Å². The quantitative estimate of drug-likeness (QED) is 0.236. The molecule has 2 rings (SSSR count). The highest BCUT2D eigenvalue weighted by Crippen LogP contribution is 2.26. The highest BCUT2D eigenvalue weighted by atomic mass is 35.5. The molecule has 0 saturated heterocycles. The number of aliphatic imine (C=N–C) groups is 1. The molecular weight excluding hydrogens is 438 g/mol. The van der Waals surface area contributed by atoms with Gasteiger partial charge in [-0.25, -0.2) is 4.98 Å². The third-order valence-electron chi connectivity index (χ3n) is 5.35. The molecule has 0 bridgehead atoms. The molecule has 0 saturated carbocycles. The Bertz CT molecular complexity index is 989. The van der Waals surface area contributed by atoms with Crippen LogP contribution in [0.3, 0.4) is 0 Å². The van der Waals surface area contributed by atoms with Gasteiger partial charge in [-0.3, -0.25) is 9.79 Å². The van der Waals surface area contributed by atoms with Crippen molar-refractivity contribution in [3.63, 3.8) is 0 Å². The molecule has 0 unspecified atom stereocenters. The first-order chi connectivity index (χ1) is 15.7. The third-order valence-corrected chi connectivity index (χ3v) is 5.58. The first-order valence-electron chi connectivity index (χ1n) is 11.2. The normalized spacial score (nSPS) is 13.2. The van der Waals surface area contributed by atoms with E-state index in [0.717, 1.165) is 12.0 Å². The predicted octanol–water partition coefficient (Wildman–Crippen LogP) is 6.18. The van der Waals surface area contributed by atoms with Crippen LogP contribution in [0.2, 0.25) is 5.02 Å². The maximum Gasteiger partial charge on any atom is 0.254 e. The van der Waals surface area contributed by atoms with Crippen molar-refractivity contribution >= 4 is 29.2 Å². The van der Waals surface area contributed by atoms with Crippen molar-refractivity contribution in [3.05, 3.63) is 64.8 Å². The summed E-state index contributed by atoms with van der Waals surface area (Å²) in [5, 5.41) is 0.541. The highest BCUT2D eigenvalue weighted by Gasteiger charge is 2.25. The summed E-state index contributed by atoms with van der Waals surface area (Å²) >= 11 is 5.88. The Morgan fingerprint density at radius 3 is 2.58 bits per heavy atom. The maximum atomic E-state index is 13.6. The number of benzene rings is 1. The van der Waals surface area contributed by atoms with Crippen LogP contribution in [-0.4, -0.2) is 46.9 Å². The third kappa shape index (κ3) is 7.32. The Morgan fingerprint density at radius 2 is 1.97 bits per heavy atom. The summed E-state index contributed by atoms with van der Waals surface area (Å²) in [5.74, 6) is 1.29. The number of hydrogen-bond acceptors (Lipinski definition) is 5. The molecule has 178 valence electrons. The lowest BCUT2D eigenvalue weighted by atomic mass is 9.99. The summed E-state index contributed by atoms with van der Waals surface area (Å²) in [6.07, 6.45) is 2.44. The minimum atomic E-state index is -0.184. The summed E-state index contributed by atoms with van der Waals surface area (Å²) < 4.78 is 11.7. The van der Waals surface area contributed by atoms with Gasteiger partial charge in [0.05, 0.1) is 22.7 Å². The second kappa shape index (κ2) is 12.4. The van der Waals surface area contributed by atoms with Crippen molar-refractivity contribution in [2.45, 2.75) is 60.0 Å². The van der Waals surface area contributed by atoms with Gasteiger partial charge in [0.25, 0.3) is 5.91 Å². The predicted molar refractivity (Wildman–Crippen MR) is 135 cm³/mol. The highest BCUT2D eigenvalue weighted by molar-refractivity contribution is 6.30. The SMILES string of the molecule is C=C(O/C(C)=N\[C@H](C)CC)c1c(C)cccc1C(=O)N(CC)[C@@H](C)COc1ccc(Cl)cn1. The van der Waals surface area contributed by atoms with Crippen LogP contribution in [0.1, 0.15) is 62.5 Å². The fourth-order valence-electron chi connectivity index (χ4n) is 3.43. The number of nitrogens with zero attached hydrogens (tertiary/aromatic N) is 3. The summed E-state index contributed by atoms with van der Waals surface area (Å²) in [4.78, 5) is 24.0. The molecule has 0 aliphatic heterocycles. The molecule has 1 heterocycles. The number of pyridine rings is 1. The Labute approximate surface area is 202 Å². The van der Waals surface area contributed by atoms with Gasteiger partial charge in [-0.1, -0.05) is 37.2 Å². The molecule has 0 aliphatic rings. The molecule has 7 heteroatoms. The minimum Gasteiger partial charge on any atom is -0.475 e. The van der Waals surface area contributed by atoms with Crippen molar-refractivity contribution in [1.82, 2.24) is 9.88 Å². The van der Waals surface area contributed by atoms with Gasteiger partial charge >= 0.3 is 0 Å². The van der Waals surface area contributed by atoms with E-state index < -0.39 is 0 Å². The van der Waals surface area contributed by atoms with Gasteiger partial charge in [0.2, 0.25) is 5.88 Å². The average Bonchev–Trinajstić information content (AvgIpc) is 2.78. The molecule has 1 amide bonds. The molecule has 0 N–H and O–H groups in total. The lowest BCUT2D eigenvalue weighted by Gasteiger charge is -2.29. The lowest BCUT2D eigenvalue weighted by Crippen LogP contribution is -2.42. The molecule has 6 nitrogen and oxygen atoms in total. The number of carbonyl (C=O) groups is 1. The summed E-state index contributed by atoms with van der Waals surface area (Å²) in [7, 11) is 0. The molecule has 33 heavy (non-hydrogen) atoms. The minimum absolute atomic E-state index is 0.113. The Balaban J connectivity index is 2.22. The number of rotatable bonds is 10. The van der Waals surface area contributed by atoms with Gasteiger partial charge in [-0.15, -0.1) is 0 Å². The van der Waals surface area contributed by atoms with Gasteiger partial charge in [-0.05, 0) is 51.8 Å². The van der Waals surface area contributed by atoms with Gasteiger partial charge in [0, 0.05) is 31.3 Å². The van der Waals surface area contributed by atoms with E-state index in [1.165, 1.54) is 6.20 Å². The molecule has 0 fully saturated rings. The van der Waals surface area contributed by atoms with Gasteiger partial charge in [0.15, 0.2) is 5.90 Å². The first kappa shape index (κ1) is 26.4. The molecule has 1 aromatic heterocycles. The second-order valence-corrected chi connectivity index (χ2v) is 8.43. The van der Waals surface area contributed by atoms with E-state index in [0.29, 0.717) is 46.8 Å². The van der Waals surface area contributed by atoms with E-state index >= 15 is 0 Å². The average molecular weight is 472 g/mol. The fourth-order valence-corrected chi connectivity index (χ4v) is 3.54. The van der Waals surface area contributed by atoms with Gasteiger partial charge in [0.1, 0.15) is 12.4 Å². The van der Waals surface area contributed by atoms with Crippen LogP contribution in [0, 0.1) is 6.92 Å². The number of aryl methyl sites for hydroxylation is 1. The van der Waals surface area contributed by atoms with E-state index in [1.54, 1.807) is 30.0 Å². The summed E-state index contributed by atoms with van der Waals surface area (Å²) in [6.45, 7) is 16.7. The van der Waals surface area contributed by atoms with Crippen molar-refractivity contribution in [2.24, 2.45) is 4.99 Å². The van der Waals surface area contributed by atoms with Crippen LogP contribution in [0.5, 0.6) is 5.88 Å². The number of hydrogen-bond donors (Lipinski definition) is 0. The number of amides is 1. The van der Waals surface area contributed by atoms with Crippen LogP contribution in [0.25, 0.3) is 5.76 Å². The topological polar surface area (TPSA) is 64.0 Å². The van der Waals surface area contributed by atoms with Crippen LogP contribution in [-0.2, 0) is 4.74 Å². The smallest absolute Gasteiger partial charge is 0.254 e. The Morgan fingerprint density at radius 1 is 1.24 bits per heavy atom. The molecule has 0 radical (unpaired) electrons. The van der Waals surface area contributed by atoms with Crippen molar-refractivity contribution in [3.8, 4) is 5.88 Å². The number of ether oxygens (including phenoxy) is 2. The zero-order valence-corrected chi connectivity index (χ0v) is 21.1. The monoisotopic (exact) mass is 471 g/mol. The second-order valence-electron chi connectivity index (χ2n) is 7.99. The molecule has 2 atom stereocenters. The van der Waals surface area contributed by atoms with Crippen LogP contribution in [0.4, 0.5) is 0 Å². The summed E-state index contributed by atoms with van der Waals surface area (Å²) in [6, 6.07) is 9.00. The summed E-state index contributed by atoms with van der Waals surface area (Å²) in [5.41, 5.74) is 2.13. The van der Waals surface area contributed by atoms with Crippen molar-refractivity contribution in [1.29, 1.82) is 0 Å². The van der Waals surface area contributed by atoms with Crippen LogP contribution in [0.15, 0.2) is 48.1 Å².